The number of esters is 1. The maximum absolute atomic E-state index is 12.7. The van der Waals surface area contributed by atoms with Crippen molar-refractivity contribution in [1.82, 2.24) is 0 Å². The van der Waals surface area contributed by atoms with Crippen LogP contribution in [0.2, 0.25) is 0 Å². The number of hydrogen-bond acceptors (Lipinski definition) is 5. The van der Waals surface area contributed by atoms with Crippen LogP contribution in [0, 0.1) is 5.92 Å². The molecular formula is C21H22O5. The number of methoxy groups -OCH3 is 3. The molecule has 0 N–H and O–H groups in total. The fourth-order valence-electron chi connectivity index (χ4n) is 3.78. The fourth-order valence-corrected chi connectivity index (χ4v) is 3.78. The number of Topliss-reactive ketones (excluding diaryl/α,β-unsaturated/α-hetero) is 1. The maximum atomic E-state index is 12.7. The first-order chi connectivity index (χ1) is 12.6. The molecule has 2 aromatic carbocycles. The molecule has 0 radical (unpaired) electrons. The third kappa shape index (κ3) is 3.29. The zero-order valence-electron chi connectivity index (χ0n) is 15.1. The van der Waals surface area contributed by atoms with Gasteiger partial charge in [-0.05, 0) is 41.3 Å². The first-order valence-corrected chi connectivity index (χ1v) is 8.47. The Morgan fingerprint density at radius 3 is 2.08 bits per heavy atom. The van der Waals surface area contributed by atoms with Gasteiger partial charge in [-0.2, -0.15) is 0 Å². The molecule has 0 aliphatic heterocycles. The minimum absolute atomic E-state index is 0.0995. The average molecular weight is 354 g/mol. The van der Waals surface area contributed by atoms with Crippen LogP contribution in [-0.2, 0) is 14.3 Å². The van der Waals surface area contributed by atoms with Crippen LogP contribution in [0.5, 0.6) is 11.5 Å². The summed E-state index contributed by atoms with van der Waals surface area (Å²) >= 11 is 0. The molecule has 0 spiro atoms. The van der Waals surface area contributed by atoms with E-state index in [2.05, 4.69) is 0 Å². The van der Waals surface area contributed by atoms with Crippen molar-refractivity contribution in [1.29, 1.82) is 0 Å². The SMILES string of the molecule is COC(=O)[C@H]1C(=O)C[C@@H](c2cccc(OC)c2)[C@@H]1c1cccc(OC)c1. The maximum Gasteiger partial charge on any atom is 0.316 e. The van der Waals surface area contributed by atoms with Gasteiger partial charge in [-0.3, -0.25) is 9.59 Å². The van der Waals surface area contributed by atoms with Crippen molar-refractivity contribution in [2.45, 2.75) is 18.3 Å². The Morgan fingerprint density at radius 1 is 0.923 bits per heavy atom. The van der Waals surface area contributed by atoms with E-state index < -0.39 is 11.9 Å². The standard InChI is InChI=1S/C21H22O5/c1-24-15-8-4-6-13(10-15)17-12-18(22)20(21(23)26-3)19(17)14-7-5-9-16(11-14)25-2/h4-11,17,19-20H,12H2,1-3H3/t17-,19-,20-/m0/s1. The Labute approximate surface area is 152 Å². The second-order valence-electron chi connectivity index (χ2n) is 6.36. The molecule has 1 saturated carbocycles. The lowest BCUT2D eigenvalue weighted by Crippen LogP contribution is -2.26. The van der Waals surface area contributed by atoms with E-state index >= 15 is 0 Å². The summed E-state index contributed by atoms with van der Waals surface area (Å²) in [6, 6.07) is 15.2. The first kappa shape index (κ1) is 18.0. The van der Waals surface area contributed by atoms with Crippen LogP contribution < -0.4 is 9.47 Å². The van der Waals surface area contributed by atoms with Crippen LogP contribution in [0.3, 0.4) is 0 Å². The van der Waals surface area contributed by atoms with E-state index in [1.165, 1.54) is 7.11 Å². The summed E-state index contributed by atoms with van der Waals surface area (Å²) in [5, 5.41) is 0. The summed E-state index contributed by atoms with van der Waals surface area (Å²) in [6.07, 6.45) is 0.287. The molecule has 5 nitrogen and oxygen atoms in total. The predicted molar refractivity (Wildman–Crippen MR) is 96.6 cm³/mol. The van der Waals surface area contributed by atoms with Crippen LogP contribution in [-0.4, -0.2) is 33.1 Å². The molecule has 3 rings (SSSR count). The molecule has 0 unspecified atom stereocenters. The Kier molecular flexibility index (Phi) is 5.26. The van der Waals surface area contributed by atoms with E-state index in [9.17, 15) is 9.59 Å². The molecule has 0 amide bonds. The van der Waals surface area contributed by atoms with Crippen LogP contribution in [0.1, 0.15) is 29.4 Å². The second-order valence-corrected chi connectivity index (χ2v) is 6.36. The van der Waals surface area contributed by atoms with Gasteiger partial charge in [-0.15, -0.1) is 0 Å². The zero-order valence-corrected chi connectivity index (χ0v) is 15.1. The minimum atomic E-state index is -0.816. The van der Waals surface area contributed by atoms with Gasteiger partial charge in [-0.1, -0.05) is 24.3 Å². The van der Waals surface area contributed by atoms with Gasteiger partial charge < -0.3 is 14.2 Å². The van der Waals surface area contributed by atoms with Crippen molar-refractivity contribution in [2.24, 2.45) is 5.92 Å². The largest absolute Gasteiger partial charge is 0.497 e. The van der Waals surface area contributed by atoms with E-state index in [4.69, 9.17) is 14.2 Å². The molecule has 1 fully saturated rings. The monoisotopic (exact) mass is 354 g/mol. The molecule has 2 aromatic rings. The van der Waals surface area contributed by atoms with E-state index in [-0.39, 0.29) is 24.0 Å². The van der Waals surface area contributed by atoms with Gasteiger partial charge in [0.2, 0.25) is 0 Å². The summed E-state index contributed by atoms with van der Waals surface area (Å²) in [4.78, 5) is 25.1. The lowest BCUT2D eigenvalue weighted by Gasteiger charge is -2.24. The summed E-state index contributed by atoms with van der Waals surface area (Å²) in [7, 11) is 4.52. The van der Waals surface area contributed by atoms with Crippen LogP contribution >= 0.6 is 0 Å². The molecular weight excluding hydrogens is 332 g/mol. The van der Waals surface area contributed by atoms with Gasteiger partial charge in [-0.25, -0.2) is 0 Å². The second kappa shape index (κ2) is 7.60. The molecule has 26 heavy (non-hydrogen) atoms. The topological polar surface area (TPSA) is 61.8 Å². The molecule has 0 bridgehead atoms. The predicted octanol–water partition coefficient (Wildman–Crippen LogP) is 3.33. The molecule has 0 aromatic heterocycles. The highest BCUT2D eigenvalue weighted by Crippen LogP contribution is 2.49. The van der Waals surface area contributed by atoms with Gasteiger partial charge in [0.05, 0.1) is 21.3 Å². The number of benzene rings is 2. The van der Waals surface area contributed by atoms with Gasteiger partial charge in [0.1, 0.15) is 23.2 Å². The van der Waals surface area contributed by atoms with E-state index in [1.807, 2.05) is 48.5 Å². The zero-order chi connectivity index (χ0) is 18.7. The van der Waals surface area contributed by atoms with Gasteiger partial charge in [0.15, 0.2) is 0 Å². The fraction of sp³-hybridized carbons (Fsp3) is 0.333. The van der Waals surface area contributed by atoms with E-state index in [1.54, 1.807) is 14.2 Å². The molecule has 3 atom stereocenters. The summed E-state index contributed by atoms with van der Waals surface area (Å²) in [6.45, 7) is 0. The smallest absolute Gasteiger partial charge is 0.316 e. The quantitative estimate of drug-likeness (QED) is 0.609. The van der Waals surface area contributed by atoms with Crippen LogP contribution in [0.15, 0.2) is 48.5 Å². The Hall–Kier alpha value is -2.82. The highest BCUT2D eigenvalue weighted by atomic mass is 16.5. The highest BCUT2D eigenvalue weighted by Gasteiger charge is 2.48. The summed E-state index contributed by atoms with van der Waals surface area (Å²) < 4.78 is 15.6. The Balaban J connectivity index is 2.09. The lowest BCUT2D eigenvalue weighted by atomic mass is 9.79. The number of carbonyl (C=O) groups excluding carboxylic acids is 2. The van der Waals surface area contributed by atoms with Crippen LogP contribution in [0.4, 0.5) is 0 Å². The minimum Gasteiger partial charge on any atom is -0.497 e. The highest BCUT2D eigenvalue weighted by molar-refractivity contribution is 6.02. The molecule has 1 aliphatic rings. The first-order valence-electron chi connectivity index (χ1n) is 8.47. The Bertz CT molecular complexity index is 814. The summed E-state index contributed by atoms with van der Waals surface area (Å²) in [5.41, 5.74) is 1.86. The van der Waals surface area contributed by atoms with E-state index in [0.29, 0.717) is 5.75 Å². The Morgan fingerprint density at radius 2 is 1.50 bits per heavy atom. The molecule has 0 saturated heterocycles. The normalized spacial score (nSPS) is 22.1. The van der Waals surface area contributed by atoms with Gasteiger partial charge in [0, 0.05) is 12.3 Å². The molecule has 5 heteroatoms. The third-order valence-electron chi connectivity index (χ3n) is 5.02. The van der Waals surface area contributed by atoms with Crippen molar-refractivity contribution in [3.63, 3.8) is 0 Å². The van der Waals surface area contributed by atoms with Crippen LogP contribution in [0.25, 0.3) is 0 Å². The molecule has 1 aliphatic carbocycles. The van der Waals surface area contributed by atoms with Crippen molar-refractivity contribution in [2.75, 3.05) is 21.3 Å². The number of hydrogen-bond donors (Lipinski definition) is 0. The van der Waals surface area contributed by atoms with Gasteiger partial charge >= 0.3 is 5.97 Å². The lowest BCUT2D eigenvalue weighted by molar-refractivity contribution is -0.148. The molecule has 0 heterocycles. The van der Waals surface area contributed by atoms with Crippen molar-refractivity contribution in [3.8, 4) is 11.5 Å². The number of ketones is 1. The van der Waals surface area contributed by atoms with Crippen molar-refractivity contribution < 1.29 is 23.8 Å². The number of carbonyl (C=O) groups is 2. The molecule has 136 valence electrons. The van der Waals surface area contributed by atoms with Gasteiger partial charge in [0.25, 0.3) is 0 Å². The average Bonchev–Trinajstić information content (AvgIpc) is 3.04. The third-order valence-corrected chi connectivity index (χ3v) is 5.02. The summed E-state index contributed by atoms with van der Waals surface area (Å²) in [5.74, 6) is -0.435. The number of ether oxygens (including phenoxy) is 3. The van der Waals surface area contributed by atoms with E-state index in [0.717, 1.165) is 16.9 Å². The van der Waals surface area contributed by atoms with Crippen molar-refractivity contribution in [3.05, 3.63) is 59.7 Å². The van der Waals surface area contributed by atoms with Crippen molar-refractivity contribution >= 4 is 11.8 Å². The number of rotatable bonds is 5.